The van der Waals surface area contributed by atoms with Gasteiger partial charge in [-0.3, -0.25) is 4.79 Å². The van der Waals surface area contributed by atoms with E-state index in [0.717, 1.165) is 16.3 Å². The fourth-order valence-corrected chi connectivity index (χ4v) is 2.89. The van der Waals surface area contributed by atoms with Crippen molar-refractivity contribution in [1.82, 2.24) is 5.43 Å². The number of amides is 1. The fraction of sp³-hybridized carbons (Fsp3) is 0.217. The molecule has 0 aliphatic rings. The summed E-state index contributed by atoms with van der Waals surface area (Å²) in [6.07, 6.45) is -0.703. The Labute approximate surface area is 170 Å². The minimum Gasteiger partial charge on any atom is -0.497 e. The first-order valence-corrected chi connectivity index (χ1v) is 9.24. The molecule has 0 heterocycles. The summed E-state index contributed by atoms with van der Waals surface area (Å²) >= 11 is 0. The summed E-state index contributed by atoms with van der Waals surface area (Å²) in [5.74, 6) is 1.58. The molecule has 3 aromatic rings. The number of carbonyl (C=O) groups is 1. The maximum absolute atomic E-state index is 12.4. The molecule has 3 rings (SSSR count). The van der Waals surface area contributed by atoms with Gasteiger partial charge in [-0.2, -0.15) is 5.10 Å². The normalized spacial score (nSPS) is 12.3. The SMILES string of the molecule is COc1ccc(/C(C)=N\NC(=O)[C@H](C)Oc2ccc3ccccc3c2)c(OC)c1. The van der Waals surface area contributed by atoms with Gasteiger partial charge >= 0.3 is 0 Å². The van der Waals surface area contributed by atoms with Gasteiger partial charge in [-0.15, -0.1) is 0 Å². The summed E-state index contributed by atoms with van der Waals surface area (Å²) in [6.45, 7) is 3.48. The number of hydrazone groups is 1. The van der Waals surface area contributed by atoms with Crippen molar-refractivity contribution >= 4 is 22.4 Å². The van der Waals surface area contributed by atoms with Gasteiger partial charge in [0.1, 0.15) is 17.2 Å². The number of hydrogen-bond acceptors (Lipinski definition) is 5. The molecule has 29 heavy (non-hydrogen) atoms. The van der Waals surface area contributed by atoms with Crippen LogP contribution in [-0.2, 0) is 4.79 Å². The third-order valence-electron chi connectivity index (χ3n) is 4.54. The summed E-state index contributed by atoms with van der Waals surface area (Å²) in [7, 11) is 3.16. The lowest BCUT2D eigenvalue weighted by Crippen LogP contribution is -2.34. The highest BCUT2D eigenvalue weighted by molar-refractivity contribution is 6.01. The number of nitrogens with one attached hydrogen (secondary N) is 1. The number of carbonyl (C=O) groups excluding carboxylic acids is 1. The molecular formula is C23H24N2O4. The van der Waals surface area contributed by atoms with E-state index in [0.29, 0.717) is 23.0 Å². The van der Waals surface area contributed by atoms with Crippen LogP contribution in [0.1, 0.15) is 19.4 Å². The molecule has 6 nitrogen and oxygen atoms in total. The van der Waals surface area contributed by atoms with Crippen LogP contribution in [0.25, 0.3) is 10.8 Å². The van der Waals surface area contributed by atoms with E-state index in [1.54, 1.807) is 34.1 Å². The lowest BCUT2D eigenvalue weighted by molar-refractivity contribution is -0.127. The van der Waals surface area contributed by atoms with Gasteiger partial charge in [-0.25, -0.2) is 5.43 Å². The molecule has 3 aromatic carbocycles. The average molecular weight is 392 g/mol. The first-order chi connectivity index (χ1) is 14.0. The summed E-state index contributed by atoms with van der Waals surface area (Å²) in [4.78, 5) is 12.4. The lowest BCUT2D eigenvalue weighted by atomic mass is 10.1. The summed E-state index contributed by atoms with van der Waals surface area (Å²) in [5.41, 5.74) is 3.92. The van der Waals surface area contributed by atoms with Crippen molar-refractivity contribution < 1.29 is 19.0 Å². The summed E-state index contributed by atoms with van der Waals surface area (Å²) in [5, 5.41) is 6.36. The Bertz CT molecular complexity index is 1050. The Morgan fingerprint density at radius 3 is 2.38 bits per heavy atom. The Hall–Kier alpha value is -3.54. The van der Waals surface area contributed by atoms with Crippen LogP contribution in [0.5, 0.6) is 17.2 Å². The van der Waals surface area contributed by atoms with Crippen LogP contribution in [-0.4, -0.2) is 31.9 Å². The number of nitrogens with zero attached hydrogens (tertiary/aromatic N) is 1. The molecule has 0 saturated carbocycles. The van der Waals surface area contributed by atoms with Gasteiger partial charge < -0.3 is 14.2 Å². The first-order valence-electron chi connectivity index (χ1n) is 9.24. The van der Waals surface area contributed by atoms with Crippen molar-refractivity contribution in [3.63, 3.8) is 0 Å². The molecule has 150 valence electrons. The molecule has 0 aromatic heterocycles. The van der Waals surface area contributed by atoms with Gasteiger partial charge in [-0.05, 0) is 48.9 Å². The van der Waals surface area contributed by atoms with Crippen molar-refractivity contribution in [2.75, 3.05) is 14.2 Å². The van der Waals surface area contributed by atoms with Gasteiger partial charge in [0.2, 0.25) is 0 Å². The van der Waals surface area contributed by atoms with Crippen LogP contribution in [0.3, 0.4) is 0 Å². The molecule has 1 amide bonds. The largest absolute Gasteiger partial charge is 0.497 e. The molecule has 0 aliphatic heterocycles. The van der Waals surface area contributed by atoms with Crippen molar-refractivity contribution in [3.8, 4) is 17.2 Å². The second-order valence-electron chi connectivity index (χ2n) is 6.51. The monoisotopic (exact) mass is 392 g/mol. The van der Waals surface area contributed by atoms with E-state index in [9.17, 15) is 4.79 Å². The second-order valence-corrected chi connectivity index (χ2v) is 6.51. The minimum absolute atomic E-state index is 0.343. The first kappa shape index (κ1) is 20.2. The fourth-order valence-electron chi connectivity index (χ4n) is 2.89. The van der Waals surface area contributed by atoms with E-state index in [1.165, 1.54) is 0 Å². The summed E-state index contributed by atoms with van der Waals surface area (Å²) in [6, 6.07) is 19.1. The highest BCUT2D eigenvalue weighted by Crippen LogP contribution is 2.25. The molecule has 0 unspecified atom stereocenters. The number of fused-ring (bicyclic) bond motifs is 1. The van der Waals surface area contributed by atoms with E-state index in [-0.39, 0.29) is 5.91 Å². The third-order valence-corrected chi connectivity index (χ3v) is 4.54. The molecule has 1 atom stereocenters. The third kappa shape index (κ3) is 4.85. The predicted octanol–water partition coefficient (Wildman–Crippen LogP) is 4.16. The van der Waals surface area contributed by atoms with Crippen LogP contribution < -0.4 is 19.6 Å². The molecule has 6 heteroatoms. The predicted molar refractivity (Wildman–Crippen MR) is 114 cm³/mol. The number of rotatable bonds is 7. The molecule has 1 N–H and O–H groups in total. The molecule has 0 saturated heterocycles. The topological polar surface area (TPSA) is 69.2 Å². The zero-order chi connectivity index (χ0) is 20.8. The maximum atomic E-state index is 12.4. The molecule has 0 bridgehead atoms. The Balaban J connectivity index is 1.67. The van der Waals surface area contributed by atoms with Gasteiger partial charge in [0, 0.05) is 11.6 Å². The number of ether oxygens (including phenoxy) is 3. The minimum atomic E-state index is -0.703. The number of hydrogen-bond donors (Lipinski definition) is 1. The zero-order valence-electron chi connectivity index (χ0n) is 16.9. The second kappa shape index (κ2) is 9.10. The molecular weight excluding hydrogens is 368 g/mol. The standard InChI is InChI=1S/C23H24N2O4/c1-15(21-12-11-19(27-3)14-22(21)28-4)24-25-23(26)16(2)29-20-10-9-17-7-5-6-8-18(17)13-20/h5-14,16H,1-4H3,(H,25,26)/b24-15-/t16-/m0/s1. The van der Waals surface area contributed by atoms with E-state index >= 15 is 0 Å². The maximum Gasteiger partial charge on any atom is 0.280 e. The van der Waals surface area contributed by atoms with Crippen molar-refractivity contribution in [1.29, 1.82) is 0 Å². The van der Waals surface area contributed by atoms with E-state index < -0.39 is 6.10 Å². The van der Waals surface area contributed by atoms with Crippen LogP contribution in [0.4, 0.5) is 0 Å². The van der Waals surface area contributed by atoms with Gasteiger partial charge in [-0.1, -0.05) is 30.3 Å². The van der Waals surface area contributed by atoms with Crippen LogP contribution in [0.2, 0.25) is 0 Å². The quantitative estimate of drug-likeness (QED) is 0.484. The van der Waals surface area contributed by atoms with E-state index in [2.05, 4.69) is 10.5 Å². The number of methoxy groups -OCH3 is 2. The van der Waals surface area contributed by atoms with E-state index in [4.69, 9.17) is 14.2 Å². The van der Waals surface area contributed by atoms with Crippen LogP contribution in [0.15, 0.2) is 65.8 Å². The Morgan fingerprint density at radius 2 is 1.66 bits per heavy atom. The molecule has 0 fully saturated rings. The zero-order valence-corrected chi connectivity index (χ0v) is 16.9. The van der Waals surface area contributed by atoms with Crippen LogP contribution in [0, 0.1) is 0 Å². The highest BCUT2D eigenvalue weighted by atomic mass is 16.5. The highest BCUT2D eigenvalue weighted by Gasteiger charge is 2.15. The average Bonchev–Trinajstić information content (AvgIpc) is 2.76. The van der Waals surface area contributed by atoms with Crippen LogP contribution >= 0.6 is 0 Å². The van der Waals surface area contributed by atoms with E-state index in [1.807, 2.05) is 54.6 Å². The van der Waals surface area contributed by atoms with Crippen molar-refractivity contribution in [3.05, 3.63) is 66.2 Å². The Morgan fingerprint density at radius 1 is 0.931 bits per heavy atom. The van der Waals surface area contributed by atoms with Crippen molar-refractivity contribution in [2.45, 2.75) is 20.0 Å². The van der Waals surface area contributed by atoms with Crippen molar-refractivity contribution in [2.24, 2.45) is 5.10 Å². The van der Waals surface area contributed by atoms with Gasteiger partial charge in [0.05, 0.1) is 19.9 Å². The molecule has 0 aliphatic carbocycles. The summed E-state index contributed by atoms with van der Waals surface area (Å²) < 4.78 is 16.4. The number of benzene rings is 3. The van der Waals surface area contributed by atoms with Gasteiger partial charge in [0.15, 0.2) is 6.10 Å². The lowest BCUT2D eigenvalue weighted by Gasteiger charge is -2.14. The molecule has 0 radical (unpaired) electrons. The smallest absolute Gasteiger partial charge is 0.280 e. The van der Waals surface area contributed by atoms with Gasteiger partial charge in [0.25, 0.3) is 5.91 Å². The molecule has 0 spiro atoms. The Kier molecular flexibility index (Phi) is 6.34.